The van der Waals surface area contributed by atoms with Gasteiger partial charge in [0.1, 0.15) is 11.5 Å². The smallest absolute Gasteiger partial charge is 0.254 e. The molecule has 1 unspecified atom stereocenters. The Kier molecular flexibility index (Phi) is 6.34. The van der Waals surface area contributed by atoms with Gasteiger partial charge < -0.3 is 24.2 Å². The second-order valence-electron chi connectivity index (χ2n) is 8.62. The van der Waals surface area contributed by atoms with Crippen molar-refractivity contribution in [3.63, 3.8) is 0 Å². The predicted octanol–water partition coefficient (Wildman–Crippen LogP) is 1.64. The van der Waals surface area contributed by atoms with Gasteiger partial charge in [0, 0.05) is 56.8 Å². The van der Waals surface area contributed by atoms with Gasteiger partial charge in [-0.1, -0.05) is 0 Å². The zero-order valence-corrected chi connectivity index (χ0v) is 18.3. The maximum Gasteiger partial charge on any atom is 0.254 e. The fourth-order valence-corrected chi connectivity index (χ4v) is 4.47. The summed E-state index contributed by atoms with van der Waals surface area (Å²) in [6.07, 6.45) is 3.69. The molecule has 1 aliphatic carbocycles. The highest BCUT2D eigenvalue weighted by molar-refractivity contribution is 5.95. The number of rotatable bonds is 5. The third-order valence-corrected chi connectivity index (χ3v) is 6.49. The van der Waals surface area contributed by atoms with E-state index in [1.807, 2.05) is 9.80 Å². The number of hydrogen-bond donors (Lipinski definition) is 0. The average molecular weight is 430 g/mol. The van der Waals surface area contributed by atoms with Crippen molar-refractivity contribution in [1.29, 1.82) is 0 Å². The summed E-state index contributed by atoms with van der Waals surface area (Å²) in [5, 5.41) is 0. The normalized spacial score (nSPS) is 21.6. The van der Waals surface area contributed by atoms with E-state index in [-0.39, 0.29) is 29.6 Å². The number of benzene rings is 1. The van der Waals surface area contributed by atoms with Crippen LogP contribution in [0.3, 0.4) is 0 Å². The summed E-state index contributed by atoms with van der Waals surface area (Å²) in [7, 11) is 3.11. The van der Waals surface area contributed by atoms with Crippen LogP contribution in [0.2, 0.25) is 0 Å². The fourth-order valence-electron chi connectivity index (χ4n) is 4.47. The molecule has 3 aliphatic rings. The molecule has 8 heteroatoms. The Hall–Kier alpha value is -2.77. The summed E-state index contributed by atoms with van der Waals surface area (Å²) >= 11 is 0. The van der Waals surface area contributed by atoms with Gasteiger partial charge in [-0.05, 0) is 37.8 Å². The Morgan fingerprint density at radius 2 is 1.32 bits per heavy atom. The number of nitrogens with zero attached hydrogens (tertiary/aromatic N) is 3. The largest absolute Gasteiger partial charge is 0.497 e. The van der Waals surface area contributed by atoms with Gasteiger partial charge in [0.25, 0.3) is 5.91 Å². The SMILES string of the molecule is COc1cc(OC)cc(C(=O)N2CCN(C(=O)C3CCCN(C(=O)C4CC4)C3)CC2)c1. The van der Waals surface area contributed by atoms with Crippen molar-refractivity contribution in [3.05, 3.63) is 23.8 Å². The molecule has 1 aromatic rings. The van der Waals surface area contributed by atoms with Crippen molar-refractivity contribution in [1.82, 2.24) is 14.7 Å². The molecular formula is C23H31N3O5. The van der Waals surface area contributed by atoms with Crippen molar-refractivity contribution in [2.24, 2.45) is 11.8 Å². The van der Waals surface area contributed by atoms with Crippen LogP contribution in [0.4, 0.5) is 0 Å². The van der Waals surface area contributed by atoms with Crippen LogP contribution in [0.15, 0.2) is 18.2 Å². The molecule has 31 heavy (non-hydrogen) atoms. The van der Waals surface area contributed by atoms with Gasteiger partial charge in [-0.2, -0.15) is 0 Å². The number of ether oxygens (including phenoxy) is 2. The third kappa shape index (κ3) is 4.78. The zero-order chi connectivity index (χ0) is 22.0. The first-order chi connectivity index (χ1) is 15.0. The Morgan fingerprint density at radius 1 is 0.742 bits per heavy atom. The first-order valence-corrected chi connectivity index (χ1v) is 11.1. The molecule has 0 radical (unpaired) electrons. The monoisotopic (exact) mass is 429 g/mol. The summed E-state index contributed by atoms with van der Waals surface area (Å²) in [5.74, 6) is 1.45. The number of piperazine rings is 1. The molecule has 4 rings (SSSR count). The number of likely N-dealkylation sites (tertiary alicyclic amines) is 1. The van der Waals surface area contributed by atoms with Crippen molar-refractivity contribution >= 4 is 17.7 Å². The molecule has 0 N–H and O–H groups in total. The summed E-state index contributed by atoms with van der Waals surface area (Å²) in [6, 6.07) is 5.14. The van der Waals surface area contributed by atoms with Crippen molar-refractivity contribution < 1.29 is 23.9 Å². The van der Waals surface area contributed by atoms with Crippen LogP contribution in [0.1, 0.15) is 36.0 Å². The molecule has 2 aliphatic heterocycles. The van der Waals surface area contributed by atoms with E-state index < -0.39 is 0 Å². The van der Waals surface area contributed by atoms with Gasteiger partial charge in [-0.15, -0.1) is 0 Å². The van der Waals surface area contributed by atoms with E-state index in [0.717, 1.165) is 32.2 Å². The molecular weight excluding hydrogens is 398 g/mol. The van der Waals surface area contributed by atoms with Crippen molar-refractivity contribution in [3.8, 4) is 11.5 Å². The Balaban J connectivity index is 1.33. The van der Waals surface area contributed by atoms with Gasteiger partial charge >= 0.3 is 0 Å². The van der Waals surface area contributed by atoms with E-state index in [1.165, 1.54) is 0 Å². The first-order valence-electron chi connectivity index (χ1n) is 11.1. The first kappa shape index (κ1) is 21.5. The Morgan fingerprint density at radius 3 is 1.90 bits per heavy atom. The summed E-state index contributed by atoms with van der Waals surface area (Å²) in [6.45, 7) is 3.31. The second-order valence-corrected chi connectivity index (χ2v) is 8.62. The lowest BCUT2D eigenvalue weighted by Gasteiger charge is -2.39. The highest BCUT2D eigenvalue weighted by Crippen LogP contribution is 2.33. The van der Waals surface area contributed by atoms with Crippen LogP contribution >= 0.6 is 0 Å². The minimum atomic E-state index is -0.124. The molecule has 0 bridgehead atoms. The Bertz CT molecular complexity index is 823. The van der Waals surface area contributed by atoms with Crippen LogP contribution in [0.25, 0.3) is 0 Å². The number of carbonyl (C=O) groups excluding carboxylic acids is 3. The van der Waals surface area contributed by atoms with E-state index in [0.29, 0.717) is 49.8 Å². The summed E-state index contributed by atoms with van der Waals surface area (Å²) in [4.78, 5) is 43.9. The van der Waals surface area contributed by atoms with Crippen LogP contribution in [0.5, 0.6) is 11.5 Å². The lowest BCUT2D eigenvalue weighted by atomic mass is 9.95. The van der Waals surface area contributed by atoms with Gasteiger partial charge in [0.05, 0.1) is 20.1 Å². The number of hydrogen-bond acceptors (Lipinski definition) is 5. The maximum atomic E-state index is 13.1. The molecule has 168 valence electrons. The standard InChI is InChI=1S/C23H31N3O5/c1-30-19-12-18(13-20(14-19)31-2)23(29)25-10-8-24(9-11-25)22(28)17-4-3-7-26(15-17)21(27)16-5-6-16/h12-14,16-17H,3-11,15H2,1-2H3. The molecule has 2 heterocycles. The molecule has 1 saturated carbocycles. The number of methoxy groups -OCH3 is 2. The minimum absolute atomic E-state index is 0.0943. The molecule has 8 nitrogen and oxygen atoms in total. The molecule has 1 aromatic carbocycles. The van der Waals surface area contributed by atoms with Gasteiger partial charge in [0.2, 0.25) is 11.8 Å². The quantitative estimate of drug-likeness (QED) is 0.711. The lowest BCUT2D eigenvalue weighted by molar-refractivity contribution is -0.142. The van der Waals surface area contributed by atoms with Crippen molar-refractivity contribution in [2.45, 2.75) is 25.7 Å². The number of piperidine rings is 1. The van der Waals surface area contributed by atoms with Crippen LogP contribution in [-0.2, 0) is 9.59 Å². The minimum Gasteiger partial charge on any atom is -0.497 e. The van der Waals surface area contributed by atoms with Crippen LogP contribution in [0, 0.1) is 11.8 Å². The van der Waals surface area contributed by atoms with Gasteiger partial charge in [0.15, 0.2) is 0 Å². The third-order valence-electron chi connectivity index (χ3n) is 6.49. The van der Waals surface area contributed by atoms with E-state index in [4.69, 9.17) is 9.47 Å². The summed E-state index contributed by atoms with van der Waals surface area (Å²) < 4.78 is 10.5. The second kappa shape index (κ2) is 9.16. The van der Waals surface area contributed by atoms with Crippen molar-refractivity contribution in [2.75, 3.05) is 53.5 Å². The van der Waals surface area contributed by atoms with Gasteiger partial charge in [-0.3, -0.25) is 14.4 Å². The molecule has 1 atom stereocenters. The topological polar surface area (TPSA) is 79.4 Å². The predicted molar refractivity (Wildman–Crippen MR) is 114 cm³/mol. The Labute approximate surface area is 183 Å². The molecule has 3 fully saturated rings. The molecule has 2 saturated heterocycles. The van der Waals surface area contributed by atoms with Crippen LogP contribution < -0.4 is 9.47 Å². The zero-order valence-electron chi connectivity index (χ0n) is 18.3. The number of carbonyl (C=O) groups is 3. The van der Waals surface area contributed by atoms with E-state index >= 15 is 0 Å². The fraction of sp³-hybridized carbons (Fsp3) is 0.609. The molecule has 0 aromatic heterocycles. The van der Waals surface area contributed by atoms with E-state index in [2.05, 4.69) is 0 Å². The maximum absolute atomic E-state index is 13.1. The van der Waals surface area contributed by atoms with Gasteiger partial charge in [-0.25, -0.2) is 0 Å². The summed E-state index contributed by atoms with van der Waals surface area (Å²) in [5.41, 5.74) is 0.512. The van der Waals surface area contributed by atoms with E-state index in [1.54, 1.807) is 37.3 Å². The van der Waals surface area contributed by atoms with Crippen LogP contribution in [-0.4, -0.2) is 85.9 Å². The average Bonchev–Trinajstić information content (AvgIpc) is 3.68. The molecule has 0 spiro atoms. The van der Waals surface area contributed by atoms with E-state index in [9.17, 15) is 14.4 Å². The molecule has 3 amide bonds. The highest BCUT2D eigenvalue weighted by Gasteiger charge is 2.38. The highest BCUT2D eigenvalue weighted by atomic mass is 16.5. The lowest BCUT2D eigenvalue weighted by Crippen LogP contribution is -2.54. The number of amides is 3.